The normalized spacial score (nSPS) is 22.4. The molecule has 0 saturated carbocycles. The summed E-state index contributed by atoms with van der Waals surface area (Å²) in [6, 6.07) is 12.7. The molecule has 5 rings (SSSR count). The molecular weight excluding hydrogens is 375 g/mol. The standard InChI is InChI=1S/C25H27FN4/c1-17-23-16-29-30(22-9-7-20(26)8-10-22)24(23)14-18-5-6-19(25(17)18)15-27-13-11-21-4-2-3-12-28-21/h2-4,7-10,12,14,16-17,19,27,29H,5-6,11,13,15H2,1H3/t17-,19+/m0/s1. The lowest BCUT2D eigenvalue weighted by molar-refractivity contribution is 0.503. The minimum Gasteiger partial charge on any atom is -0.316 e. The summed E-state index contributed by atoms with van der Waals surface area (Å²) in [6.45, 7) is 4.28. The Morgan fingerprint density at radius 1 is 1.20 bits per heavy atom. The van der Waals surface area contributed by atoms with E-state index < -0.39 is 0 Å². The van der Waals surface area contributed by atoms with Gasteiger partial charge in [-0.15, -0.1) is 0 Å². The number of fused-ring (bicyclic) bond motifs is 1. The van der Waals surface area contributed by atoms with Crippen LogP contribution in [-0.2, 0) is 6.42 Å². The van der Waals surface area contributed by atoms with Crippen LogP contribution >= 0.6 is 0 Å². The van der Waals surface area contributed by atoms with Crippen LogP contribution in [0.5, 0.6) is 0 Å². The van der Waals surface area contributed by atoms with Crippen LogP contribution in [0.2, 0.25) is 0 Å². The molecule has 0 saturated heterocycles. The molecule has 3 aliphatic rings. The first kappa shape index (κ1) is 19.1. The lowest BCUT2D eigenvalue weighted by Crippen LogP contribution is -2.30. The van der Waals surface area contributed by atoms with Crippen molar-refractivity contribution in [2.45, 2.75) is 26.2 Å². The largest absolute Gasteiger partial charge is 0.316 e. The van der Waals surface area contributed by atoms with Crippen molar-refractivity contribution in [1.29, 1.82) is 0 Å². The van der Waals surface area contributed by atoms with Gasteiger partial charge in [-0.1, -0.05) is 18.6 Å². The van der Waals surface area contributed by atoms with E-state index in [0.29, 0.717) is 11.8 Å². The Morgan fingerprint density at radius 3 is 2.87 bits per heavy atom. The summed E-state index contributed by atoms with van der Waals surface area (Å²) < 4.78 is 13.3. The molecule has 0 bridgehead atoms. The molecule has 0 spiro atoms. The number of benzene rings is 1. The Balaban J connectivity index is 1.28. The molecule has 0 fully saturated rings. The molecular formula is C25H27FN4. The second kappa shape index (κ2) is 8.07. The maximum atomic E-state index is 13.3. The lowest BCUT2D eigenvalue weighted by Gasteiger charge is -2.30. The molecule has 4 nitrogen and oxygen atoms in total. The highest BCUT2D eigenvalue weighted by Crippen LogP contribution is 2.47. The minimum atomic E-state index is -0.212. The van der Waals surface area contributed by atoms with Crippen LogP contribution in [0.4, 0.5) is 10.1 Å². The number of anilines is 1. The van der Waals surface area contributed by atoms with Gasteiger partial charge in [0.05, 0.1) is 11.4 Å². The molecule has 2 heterocycles. The second-order valence-electron chi connectivity index (χ2n) is 8.28. The molecule has 1 aliphatic heterocycles. The van der Waals surface area contributed by atoms with E-state index in [2.05, 4.69) is 46.0 Å². The smallest absolute Gasteiger partial charge is 0.123 e. The topological polar surface area (TPSA) is 40.2 Å². The summed E-state index contributed by atoms with van der Waals surface area (Å²) in [5.74, 6) is 0.761. The molecule has 1 aromatic carbocycles. The van der Waals surface area contributed by atoms with Crippen molar-refractivity contribution in [3.63, 3.8) is 0 Å². The molecule has 5 heteroatoms. The summed E-state index contributed by atoms with van der Waals surface area (Å²) in [5, 5.41) is 5.72. The van der Waals surface area contributed by atoms with Gasteiger partial charge in [-0.25, -0.2) is 4.39 Å². The van der Waals surface area contributed by atoms with Crippen molar-refractivity contribution in [1.82, 2.24) is 15.7 Å². The van der Waals surface area contributed by atoms with E-state index in [-0.39, 0.29) is 5.82 Å². The predicted octanol–water partition coefficient (Wildman–Crippen LogP) is 4.50. The highest BCUT2D eigenvalue weighted by atomic mass is 19.1. The number of aromatic nitrogens is 1. The first-order chi connectivity index (χ1) is 14.7. The van der Waals surface area contributed by atoms with Gasteiger partial charge in [0.15, 0.2) is 0 Å². The van der Waals surface area contributed by atoms with Gasteiger partial charge in [0.25, 0.3) is 0 Å². The number of halogens is 1. The van der Waals surface area contributed by atoms with E-state index in [1.165, 1.54) is 35.4 Å². The van der Waals surface area contributed by atoms with Crippen LogP contribution in [0.15, 0.2) is 83.4 Å². The quantitative estimate of drug-likeness (QED) is 0.698. The van der Waals surface area contributed by atoms with E-state index in [1.807, 2.05) is 30.5 Å². The predicted molar refractivity (Wildman–Crippen MR) is 118 cm³/mol. The molecule has 2 aromatic rings. The number of rotatable bonds is 6. The van der Waals surface area contributed by atoms with Crippen molar-refractivity contribution in [3.8, 4) is 0 Å². The zero-order valence-corrected chi connectivity index (χ0v) is 17.2. The molecule has 2 atom stereocenters. The van der Waals surface area contributed by atoms with E-state index in [0.717, 1.165) is 37.3 Å². The summed E-state index contributed by atoms with van der Waals surface area (Å²) in [5.41, 5.74) is 11.0. The fourth-order valence-corrected chi connectivity index (χ4v) is 4.97. The average Bonchev–Trinajstić information content (AvgIpc) is 3.38. The lowest BCUT2D eigenvalue weighted by atomic mass is 9.80. The highest BCUT2D eigenvalue weighted by molar-refractivity contribution is 5.64. The number of hydrogen-bond acceptors (Lipinski definition) is 4. The summed E-state index contributed by atoms with van der Waals surface area (Å²) in [4.78, 5) is 4.40. The minimum absolute atomic E-state index is 0.212. The van der Waals surface area contributed by atoms with Gasteiger partial charge >= 0.3 is 0 Å². The number of hydrazine groups is 1. The summed E-state index contributed by atoms with van der Waals surface area (Å²) in [7, 11) is 0. The summed E-state index contributed by atoms with van der Waals surface area (Å²) >= 11 is 0. The van der Waals surface area contributed by atoms with Crippen LogP contribution in [0.1, 0.15) is 25.5 Å². The Kier molecular flexibility index (Phi) is 5.13. The maximum absolute atomic E-state index is 13.3. The molecule has 0 unspecified atom stereocenters. The van der Waals surface area contributed by atoms with Gasteiger partial charge < -0.3 is 10.7 Å². The van der Waals surface area contributed by atoms with E-state index in [1.54, 1.807) is 5.57 Å². The summed E-state index contributed by atoms with van der Waals surface area (Å²) in [6.07, 6.45) is 9.58. The Bertz CT molecular complexity index is 1010. The molecule has 154 valence electrons. The molecule has 0 amide bonds. The Morgan fingerprint density at radius 2 is 2.07 bits per heavy atom. The number of nitrogens with zero attached hydrogens (tertiary/aromatic N) is 2. The molecule has 1 aromatic heterocycles. The van der Waals surface area contributed by atoms with Crippen LogP contribution in [0, 0.1) is 17.7 Å². The van der Waals surface area contributed by atoms with E-state index in [9.17, 15) is 4.39 Å². The molecule has 2 aliphatic carbocycles. The van der Waals surface area contributed by atoms with E-state index in [4.69, 9.17) is 0 Å². The number of allylic oxidation sites excluding steroid dienone is 3. The average molecular weight is 403 g/mol. The maximum Gasteiger partial charge on any atom is 0.123 e. The van der Waals surface area contributed by atoms with Gasteiger partial charge in [-0.3, -0.25) is 9.99 Å². The zero-order valence-electron chi connectivity index (χ0n) is 17.2. The van der Waals surface area contributed by atoms with Crippen molar-refractivity contribution in [2.24, 2.45) is 11.8 Å². The van der Waals surface area contributed by atoms with Crippen LogP contribution in [0.3, 0.4) is 0 Å². The SMILES string of the molecule is C[C@H]1C2=CNN(c3ccc(F)cc3)C2=CC2=C1[C@@H](CNCCc1ccccn1)CC2. The van der Waals surface area contributed by atoms with Gasteiger partial charge in [0.2, 0.25) is 0 Å². The zero-order chi connectivity index (χ0) is 20.5. The van der Waals surface area contributed by atoms with Crippen molar-refractivity contribution in [2.75, 3.05) is 18.1 Å². The van der Waals surface area contributed by atoms with Crippen molar-refractivity contribution >= 4 is 5.69 Å². The third kappa shape index (κ3) is 3.54. The first-order valence-corrected chi connectivity index (χ1v) is 10.8. The fraction of sp³-hybridized carbons (Fsp3) is 0.320. The third-order valence-corrected chi connectivity index (χ3v) is 6.46. The van der Waals surface area contributed by atoms with Crippen LogP contribution < -0.4 is 15.8 Å². The van der Waals surface area contributed by atoms with Crippen LogP contribution in [0.25, 0.3) is 0 Å². The molecule has 30 heavy (non-hydrogen) atoms. The van der Waals surface area contributed by atoms with Crippen LogP contribution in [-0.4, -0.2) is 18.1 Å². The van der Waals surface area contributed by atoms with Gasteiger partial charge in [-0.2, -0.15) is 0 Å². The van der Waals surface area contributed by atoms with Gasteiger partial charge in [0, 0.05) is 49.1 Å². The van der Waals surface area contributed by atoms with E-state index >= 15 is 0 Å². The van der Waals surface area contributed by atoms with Crippen molar-refractivity contribution in [3.05, 3.63) is 94.9 Å². The van der Waals surface area contributed by atoms with Crippen molar-refractivity contribution < 1.29 is 4.39 Å². The second-order valence-corrected chi connectivity index (χ2v) is 8.28. The number of hydrogen-bond donors (Lipinski definition) is 2. The van der Waals surface area contributed by atoms with Gasteiger partial charge in [0.1, 0.15) is 5.82 Å². The third-order valence-electron chi connectivity index (χ3n) is 6.46. The monoisotopic (exact) mass is 402 g/mol. The molecule has 0 radical (unpaired) electrons. The van der Waals surface area contributed by atoms with Gasteiger partial charge in [-0.05, 0) is 66.8 Å². The Labute approximate surface area is 177 Å². The number of nitrogens with one attached hydrogen (secondary N) is 2. The first-order valence-electron chi connectivity index (χ1n) is 10.8. The fourth-order valence-electron chi connectivity index (χ4n) is 4.97. The highest BCUT2D eigenvalue weighted by Gasteiger charge is 2.37. The Hall–Kier alpha value is -2.92. The number of pyridine rings is 1. The molecule has 2 N–H and O–H groups in total.